The summed E-state index contributed by atoms with van der Waals surface area (Å²) in [6.45, 7) is 2.55. The zero-order chi connectivity index (χ0) is 12.1. The Labute approximate surface area is 125 Å². The SMILES string of the molecule is CCCNC(CCO)C(=O)O.N#CC#N.[CaH2]. The summed E-state index contributed by atoms with van der Waals surface area (Å²) < 4.78 is 0. The topological polar surface area (TPSA) is 117 Å². The van der Waals surface area contributed by atoms with E-state index < -0.39 is 12.0 Å². The zero-order valence-electron chi connectivity index (χ0n) is 8.60. The second-order valence-electron chi connectivity index (χ2n) is 2.58. The van der Waals surface area contributed by atoms with Crippen molar-refractivity contribution in [3.05, 3.63) is 0 Å². The number of carbonyl (C=O) groups is 1. The van der Waals surface area contributed by atoms with Gasteiger partial charge in [0.05, 0.1) is 0 Å². The Kier molecular flexibility index (Phi) is 22.3. The Morgan fingerprint density at radius 1 is 1.44 bits per heavy atom. The van der Waals surface area contributed by atoms with E-state index in [0.717, 1.165) is 6.42 Å². The van der Waals surface area contributed by atoms with Gasteiger partial charge in [-0.3, -0.25) is 4.79 Å². The fourth-order valence-corrected chi connectivity index (χ4v) is 0.761. The van der Waals surface area contributed by atoms with Crippen molar-refractivity contribution >= 4 is 43.7 Å². The minimum absolute atomic E-state index is 0. The van der Waals surface area contributed by atoms with Crippen LogP contribution in [0.4, 0.5) is 0 Å². The van der Waals surface area contributed by atoms with Gasteiger partial charge in [0.15, 0.2) is 12.1 Å². The van der Waals surface area contributed by atoms with E-state index in [1.165, 1.54) is 12.1 Å². The number of aliphatic carboxylic acids is 1. The van der Waals surface area contributed by atoms with E-state index in [-0.39, 0.29) is 50.8 Å². The molecule has 0 aromatic heterocycles. The number of aliphatic hydroxyl groups excluding tert-OH is 1. The molecule has 0 radical (unpaired) electrons. The maximum atomic E-state index is 10.4. The Balaban J connectivity index is -0.000000292. The Morgan fingerprint density at radius 2 is 1.94 bits per heavy atom. The summed E-state index contributed by atoms with van der Waals surface area (Å²) in [4.78, 5) is 10.4. The molecule has 0 bridgehead atoms. The summed E-state index contributed by atoms with van der Waals surface area (Å²) in [7, 11) is 0. The van der Waals surface area contributed by atoms with E-state index in [4.69, 9.17) is 20.7 Å². The van der Waals surface area contributed by atoms with Crippen LogP contribution in [0.1, 0.15) is 19.8 Å². The van der Waals surface area contributed by atoms with Crippen molar-refractivity contribution in [2.24, 2.45) is 0 Å². The third-order valence-corrected chi connectivity index (χ3v) is 1.41. The van der Waals surface area contributed by atoms with Crippen LogP contribution < -0.4 is 5.32 Å². The van der Waals surface area contributed by atoms with Crippen molar-refractivity contribution in [1.29, 1.82) is 10.5 Å². The molecule has 6 nitrogen and oxygen atoms in total. The van der Waals surface area contributed by atoms with Gasteiger partial charge in [-0.1, -0.05) is 6.92 Å². The molecule has 0 aliphatic heterocycles. The first-order chi connectivity index (χ1) is 7.13. The third-order valence-electron chi connectivity index (χ3n) is 1.41. The van der Waals surface area contributed by atoms with Gasteiger partial charge in [-0.05, 0) is 19.4 Å². The van der Waals surface area contributed by atoms with Crippen LogP contribution in [0.2, 0.25) is 0 Å². The molecular formula is C9H17CaN3O3. The number of aliphatic hydroxyl groups is 1. The van der Waals surface area contributed by atoms with E-state index in [2.05, 4.69) is 5.32 Å². The standard InChI is InChI=1S/C7H15NO3.C2N2.Ca.2H/c1-2-4-8-6(3-5-9)7(10)11;3-1-2-4;;;/h6,8-9H,2-5H2,1H3,(H,10,11);;;;. The minimum atomic E-state index is -0.896. The summed E-state index contributed by atoms with van der Waals surface area (Å²) in [5, 5.41) is 34.4. The first kappa shape index (κ1) is 21.0. The average molecular weight is 255 g/mol. The number of carboxylic acids is 1. The van der Waals surface area contributed by atoms with Crippen LogP contribution in [0.15, 0.2) is 0 Å². The molecule has 88 valence electrons. The fourth-order valence-electron chi connectivity index (χ4n) is 0.761. The van der Waals surface area contributed by atoms with E-state index >= 15 is 0 Å². The van der Waals surface area contributed by atoms with Gasteiger partial charge < -0.3 is 15.5 Å². The van der Waals surface area contributed by atoms with Crippen molar-refractivity contribution in [2.75, 3.05) is 13.2 Å². The van der Waals surface area contributed by atoms with Crippen LogP contribution in [0, 0.1) is 22.7 Å². The summed E-state index contributed by atoms with van der Waals surface area (Å²) in [6, 6.07) is 1.87. The van der Waals surface area contributed by atoms with Crippen LogP contribution in [-0.4, -0.2) is 73.1 Å². The maximum absolute atomic E-state index is 10.4. The molecule has 7 heteroatoms. The molecular weight excluding hydrogens is 238 g/mol. The molecule has 0 saturated heterocycles. The molecule has 0 aromatic rings. The number of nitrogens with one attached hydrogen (secondary N) is 1. The molecule has 0 amide bonds. The molecule has 16 heavy (non-hydrogen) atoms. The van der Waals surface area contributed by atoms with Gasteiger partial charge in [0, 0.05) is 6.61 Å². The summed E-state index contributed by atoms with van der Waals surface area (Å²) in [5.41, 5.74) is 0. The molecule has 0 aliphatic carbocycles. The molecule has 1 unspecified atom stereocenters. The zero-order valence-corrected chi connectivity index (χ0v) is 8.60. The van der Waals surface area contributed by atoms with Crippen LogP contribution in [0.25, 0.3) is 0 Å². The normalized spacial score (nSPS) is 9.50. The second-order valence-corrected chi connectivity index (χ2v) is 2.58. The molecule has 0 aromatic carbocycles. The van der Waals surface area contributed by atoms with Gasteiger partial charge in [-0.2, -0.15) is 10.5 Å². The van der Waals surface area contributed by atoms with E-state index in [1.807, 2.05) is 6.92 Å². The van der Waals surface area contributed by atoms with Gasteiger partial charge in [-0.15, -0.1) is 0 Å². The third kappa shape index (κ3) is 16.1. The Hall–Kier alpha value is -0.370. The monoisotopic (exact) mass is 255 g/mol. The van der Waals surface area contributed by atoms with E-state index in [0.29, 0.717) is 6.54 Å². The number of carboxylic acid groups (broad SMARTS) is 1. The summed E-state index contributed by atoms with van der Waals surface area (Å²) >= 11 is 0. The van der Waals surface area contributed by atoms with E-state index in [1.54, 1.807) is 0 Å². The number of rotatable bonds is 6. The number of nitrogens with zero attached hydrogens (tertiary/aromatic N) is 2. The number of nitriles is 2. The van der Waals surface area contributed by atoms with Crippen molar-refractivity contribution < 1.29 is 15.0 Å². The van der Waals surface area contributed by atoms with Gasteiger partial charge in [-0.25, -0.2) is 0 Å². The van der Waals surface area contributed by atoms with E-state index in [9.17, 15) is 4.79 Å². The molecule has 0 saturated carbocycles. The first-order valence-corrected chi connectivity index (χ1v) is 4.49. The Morgan fingerprint density at radius 3 is 2.19 bits per heavy atom. The predicted molar refractivity (Wildman–Crippen MR) is 61.2 cm³/mol. The van der Waals surface area contributed by atoms with Crippen LogP contribution in [0.3, 0.4) is 0 Å². The quantitative estimate of drug-likeness (QED) is 0.521. The summed E-state index contributed by atoms with van der Waals surface area (Å²) in [5.74, 6) is -0.896. The van der Waals surface area contributed by atoms with Crippen molar-refractivity contribution in [1.82, 2.24) is 5.32 Å². The molecule has 1 atom stereocenters. The van der Waals surface area contributed by atoms with Gasteiger partial charge in [0.2, 0.25) is 0 Å². The van der Waals surface area contributed by atoms with Crippen molar-refractivity contribution in [2.45, 2.75) is 25.8 Å². The predicted octanol–water partition coefficient (Wildman–Crippen LogP) is -1.06. The molecule has 0 spiro atoms. The van der Waals surface area contributed by atoms with Crippen molar-refractivity contribution in [3.8, 4) is 12.1 Å². The fraction of sp³-hybridized carbons (Fsp3) is 0.667. The molecule has 0 heterocycles. The van der Waals surface area contributed by atoms with Gasteiger partial charge in [0.1, 0.15) is 6.04 Å². The molecule has 0 fully saturated rings. The number of hydrogen-bond donors (Lipinski definition) is 3. The molecule has 0 rings (SSSR count). The molecule has 3 N–H and O–H groups in total. The van der Waals surface area contributed by atoms with Crippen LogP contribution >= 0.6 is 0 Å². The van der Waals surface area contributed by atoms with Crippen LogP contribution in [-0.2, 0) is 4.79 Å². The number of hydrogen-bond acceptors (Lipinski definition) is 5. The van der Waals surface area contributed by atoms with Gasteiger partial charge >= 0.3 is 43.7 Å². The van der Waals surface area contributed by atoms with Gasteiger partial charge in [0.25, 0.3) is 0 Å². The van der Waals surface area contributed by atoms with Crippen molar-refractivity contribution in [3.63, 3.8) is 0 Å². The second kappa shape index (κ2) is 17.0. The average Bonchev–Trinajstić information content (AvgIpc) is 2.24. The molecule has 0 aliphatic rings. The Bertz CT molecular complexity index is 235. The first-order valence-electron chi connectivity index (χ1n) is 4.49. The van der Waals surface area contributed by atoms with Crippen LogP contribution in [0.5, 0.6) is 0 Å². The summed E-state index contributed by atoms with van der Waals surface area (Å²) in [6.07, 6.45) is 1.17.